The molecule has 1 aliphatic heterocycles. The third-order valence-corrected chi connectivity index (χ3v) is 1.49. The van der Waals surface area contributed by atoms with Crippen molar-refractivity contribution in [2.45, 2.75) is 38.8 Å². The van der Waals surface area contributed by atoms with Crippen LogP contribution in [-0.4, -0.2) is 19.5 Å². The van der Waals surface area contributed by atoms with Crippen LogP contribution in [0.1, 0.15) is 38.0 Å². The van der Waals surface area contributed by atoms with E-state index in [2.05, 4.69) is 0 Å². The lowest BCUT2D eigenvalue weighted by atomic mass is 10.2. The highest BCUT2D eigenvalue weighted by Crippen LogP contribution is 2.13. The van der Waals surface area contributed by atoms with Gasteiger partial charge in [-0.2, -0.15) is 0 Å². The van der Waals surface area contributed by atoms with Gasteiger partial charge in [-0.05, 0) is 25.6 Å². The van der Waals surface area contributed by atoms with Gasteiger partial charge in [-0.15, -0.1) is 0 Å². The summed E-state index contributed by atoms with van der Waals surface area (Å²) in [5.74, 6) is 0. The van der Waals surface area contributed by atoms with Crippen molar-refractivity contribution in [1.29, 1.82) is 0 Å². The highest BCUT2D eigenvalue weighted by molar-refractivity contribution is 4.53. The number of hydrogen-bond donors (Lipinski definition) is 0. The summed E-state index contributed by atoms with van der Waals surface area (Å²) >= 11 is 0. The molecule has 0 aromatic carbocycles. The minimum absolute atomic E-state index is 0.241. The van der Waals surface area contributed by atoms with Crippen molar-refractivity contribution in [2.75, 3.05) is 13.2 Å². The molecule has 2 heteroatoms. The van der Waals surface area contributed by atoms with Crippen LogP contribution in [-0.2, 0) is 9.47 Å². The Kier molecular flexibility index (Phi) is 1.91. The molecule has 1 aliphatic rings. The van der Waals surface area contributed by atoms with E-state index in [0.29, 0.717) is 6.61 Å². The molecule has 0 N–H and O–H groups in total. The molecule has 0 aromatic heterocycles. The van der Waals surface area contributed by atoms with Gasteiger partial charge in [0.25, 0.3) is 0 Å². The van der Waals surface area contributed by atoms with Crippen LogP contribution < -0.4 is 0 Å². The predicted octanol–water partition coefficient (Wildman–Crippen LogP) is 1.94. The lowest BCUT2D eigenvalue weighted by Gasteiger charge is -2.22. The van der Waals surface area contributed by atoms with E-state index in [1.807, 2.05) is 0 Å². The molecule has 1 unspecified atom stereocenters. The zero-order valence-electron chi connectivity index (χ0n) is 10.0. The van der Waals surface area contributed by atoms with E-state index in [1.165, 1.54) is 0 Å². The first-order valence-corrected chi connectivity index (χ1v) is 3.60. The molecule has 1 fully saturated rings. The van der Waals surface area contributed by atoms with Crippen molar-refractivity contribution in [2.24, 2.45) is 0 Å². The second-order valence-electron chi connectivity index (χ2n) is 2.31. The van der Waals surface area contributed by atoms with Crippen molar-refractivity contribution in [3.63, 3.8) is 0 Å². The highest BCUT2D eigenvalue weighted by atomic mass is 16.7. The average Bonchev–Trinajstić information content (AvgIpc) is 2.16. The molecule has 10 heavy (non-hydrogen) atoms. The summed E-state index contributed by atoms with van der Waals surface area (Å²) in [5.41, 5.74) is 0. The Bertz CT molecular complexity index is 169. The molecule has 0 radical (unpaired) electrons. The van der Waals surface area contributed by atoms with Gasteiger partial charge in [0.2, 0.25) is 0 Å². The Balaban J connectivity index is 2.24. The molecular formula is C8H16O2. The van der Waals surface area contributed by atoms with E-state index in [-0.39, 0.29) is 12.9 Å². The standard InChI is InChI=1S/C8H16O2/c1-2-6-9-8-5-3-4-7-10-8/h8H,2-7H2,1H3/i1D2,2D2. The van der Waals surface area contributed by atoms with Crippen LogP contribution in [0.15, 0.2) is 0 Å². The van der Waals surface area contributed by atoms with Gasteiger partial charge in [0, 0.05) is 18.7 Å². The normalized spacial score (nSPS) is 34.3. The molecule has 1 heterocycles. The summed E-state index contributed by atoms with van der Waals surface area (Å²) < 4.78 is 39.0. The largest absolute Gasteiger partial charge is 0.353 e. The van der Waals surface area contributed by atoms with Crippen LogP contribution in [0.4, 0.5) is 0 Å². The van der Waals surface area contributed by atoms with Gasteiger partial charge in [0.05, 0.1) is 0 Å². The third kappa shape index (κ3) is 2.67. The first-order valence-electron chi connectivity index (χ1n) is 5.75. The lowest BCUT2D eigenvalue weighted by molar-refractivity contribution is -0.162. The molecule has 60 valence electrons. The molecule has 1 rings (SSSR count). The average molecular weight is 148 g/mol. The molecule has 0 saturated carbocycles. The van der Waals surface area contributed by atoms with E-state index in [4.69, 9.17) is 15.0 Å². The van der Waals surface area contributed by atoms with Crippen LogP contribution in [0, 0.1) is 0 Å². The van der Waals surface area contributed by atoms with E-state index in [0.717, 1.165) is 19.3 Å². The molecular weight excluding hydrogens is 128 g/mol. The monoisotopic (exact) mass is 148 g/mol. The van der Waals surface area contributed by atoms with Crippen molar-refractivity contribution >= 4 is 0 Å². The Morgan fingerprint density at radius 3 is 3.50 bits per heavy atom. The van der Waals surface area contributed by atoms with Gasteiger partial charge < -0.3 is 9.47 Å². The molecule has 1 atom stereocenters. The predicted molar refractivity (Wildman–Crippen MR) is 39.8 cm³/mol. The number of ether oxygens (including phenoxy) is 2. The van der Waals surface area contributed by atoms with Gasteiger partial charge >= 0.3 is 0 Å². The maximum atomic E-state index is 7.31. The summed E-state index contributed by atoms with van der Waals surface area (Å²) in [6, 6.07) is 0. The van der Waals surface area contributed by atoms with Crippen molar-refractivity contribution in [3.05, 3.63) is 0 Å². The SMILES string of the molecule is [2H]C([2H])C([2H])([2H])COC1CCCCO1. The second-order valence-corrected chi connectivity index (χ2v) is 2.31. The lowest BCUT2D eigenvalue weighted by Crippen LogP contribution is -2.22. The molecule has 0 amide bonds. The van der Waals surface area contributed by atoms with E-state index < -0.39 is 13.2 Å². The van der Waals surface area contributed by atoms with E-state index >= 15 is 0 Å². The first kappa shape index (κ1) is 4.07. The van der Waals surface area contributed by atoms with Crippen molar-refractivity contribution < 1.29 is 15.0 Å². The maximum Gasteiger partial charge on any atom is 0.157 e. The fourth-order valence-corrected chi connectivity index (χ4v) is 0.984. The summed E-state index contributed by atoms with van der Waals surface area (Å²) in [5, 5.41) is 0. The highest BCUT2D eigenvalue weighted by Gasteiger charge is 2.12. The van der Waals surface area contributed by atoms with E-state index in [9.17, 15) is 0 Å². The molecule has 2 nitrogen and oxygen atoms in total. The summed E-state index contributed by atoms with van der Waals surface area (Å²) in [6.45, 7) is -1.11. The summed E-state index contributed by atoms with van der Waals surface area (Å²) in [7, 11) is 0. The third-order valence-electron chi connectivity index (χ3n) is 1.49. The molecule has 0 bridgehead atoms. The summed E-state index contributed by atoms with van der Waals surface area (Å²) in [4.78, 5) is 0. The Morgan fingerprint density at radius 1 is 1.80 bits per heavy atom. The van der Waals surface area contributed by atoms with Gasteiger partial charge in [0.15, 0.2) is 6.29 Å². The zero-order chi connectivity index (χ0) is 10.6. The molecule has 0 aliphatic carbocycles. The first-order chi connectivity index (χ1) is 6.52. The minimum atomic E-state index is -1.92. The topological polar surface area (TPSA) is 18.5 Å². The van der Waals surface area contributed by atoms with Gasteiger partial charge in [-0.25, -0.2) is 0 Å². The van der Waals surface area contributed by atoms with Crippen LogP contribution in [0.2, 0.25) is 0 Å². The Morgan fingerprint density at radius 2 is 2.80 bits per heavy atom. The number of hydrogen-bond acceptors (Lipinski definition) is 2. The van der Waals surface area contributed by atoms with E-state index in [1.54, 1.807) is 0 Å². The quantitative estimate of drug-likeness (QED) is 0.609. The molecule has 0 aromatic rings. The summed E-state index contributed by atoms with van der Waals surface area (Å²) in [6.07, 6.45) is 0.556. The van der Waals surface area contributed by atoms with Crippen LogP contribution >= 0.6 is 0 Å². The van der Waals surface area contributed by atoms with Gasteiger partial charge in [0.1, 0.15) is 0 Å². The van der Waals surface area contributed by atoms with Gasteiger partial charge in [-0.3, -0.25) is 0 Å². The van der Waals surface area contributed by atoms with Crippen molar-refractivity contribution in [1.82, 2.24) is 0 Å². The van der Waals surface area contributed by atoms with Crippen LogP contribution in [0.25, 0.3) is 0 Å². The smallest absolute Gasteiger partial charge is 0.157 e. The minimum Gasteiger partial charge on any atom is -0.353 e. The van der Waals surface area contributed by atoms with Gasteiger partial charge in [-0.1, -0.05) is 6.88 Å². The molecule has 0 spiro atoms. The Labute approximate surface area is 68.1 Å². The van der Waals surface area contributed by atoms with Crippen molar-refractivity contribution in [3.8, 4) is 0 Å². The van der Waals surface area contributed by atoms with Crippen LogP contribution in [0.5, 0.6) is 0 Å². The van der Waals surface area contributed by atoms with Crippen LogP contribution in [0.3, 0.4) is 0 Å². The molecule has 1 saturated heterocycles. The number of rotatable bonds is 3. The fraction of sp³-hybridized carbons (Fsp3) is 1.00. The maximum absolute atomic E-state index is 7.31. The fourth-order valence-electron chi connectivity index (χ4n) is 0.984. The second kappa shape index (κ2) is 4.69. The zero-order valence-corrected chi connectivity index (χ0v) is 6.01. The Hall–Kier alpha value is -0.0800.